The molecule has 280 valence electrons. The van der Waals surface area contributed by atoms with E-state index in [4.69, 9.17) is 8.83 Å². The van der Waals surface area contributed by atoms with Crippen molar-refractivity contribution in [1.29, 1.82) is 0 Å². The predicted octanol–water partition coefficient (Wildman–Crippen LogP) is 16.0. The van der Waals surface area contributed by atoms with Crippen LogP contribution in [0, 0.1) is 0 Å². The molecule has 0 fully saturated rings. The highest BCUT2D eigenvalue weighted by Gasteiger charge is 2.21. The van der Waals surface area contributed by atoms with E-state index in [2.05, 4.69) is 191 Å². The van der Waals surface area contributed by atoms with Gasteiger partial charge in [-0.25, -0.2) is 0 Å². The van der Waals surface area contributed by atoms with Crippen molar-refractivity contribution in [1.82, 2.24) is 4.40 Å². The Morgan fingerprint density at radius 2 is 0.850 bits per heavy atom. The summed E-state index contributed by atoms with van der Waals surface area (Å²) in [5.41, 5.74) is 13.7. The van der Waals surface area contributed by atoms with Crippen LogP contribution in [-0.4, -0.2) is 4.40 Å². The van der Waals surface area contributed by atoms with Gasteiger partial charge in [-0.05, 0) is 99.6 Å². The minimum absolute atomic E-state index is 0.850. The van der Waals surface area contributed by atoms with Gasteiger partial charge in [-0.1, -0.05) is 121 Å². The van der Waals surface area contributed by atoms with Gasteiger partial charge in [0.25, 0.3) is 0 Å². The fourth-order valence-electron chi connectivity index (χ4n) is 9.68. The Labute approximate surface area is 344 Å². The van der Waals surface area contributed by atoms with Crippen LogP contribution >= 0.6 is 0 Å². The van der Waals surface area contributed by atoms with Gasteiger partial charge in [0.05, 0.1) is 11.0 Å². The standard InChI is InChI=1S/C56H34N2O2/c1-2-12-36(13-3-1)54-49-18-10-11-31-57(49)56-47-17-5-4-14-41(47)42-28-23-37(32-48(42)55(54)56)35-21-24-38(25-22-35)58(39-26-29-45-43-15-6-8-19-50(43)59-52(45)33-39)40-27-30-46-44-16-7-9-20-51(44)60-53(46)34-40/h1-34H. The topological polar surface area (TPSA) is 33.9 Å². The lowest BCUT2D eigenvalue weighted by atomic mass is 9.91. The van der Waals surface area contributed by atoms with Gasteiger partial charge in [0.2, 0.25) is 0 Å². The highest BCUT2D eigenvalue weighted by atomic mass is 16.3. The molecule has 13 rings (SSSR count). The third-order valence-corrected chi connectivity index (χ3v) is 12.4. The lowest BCUT2D eigenvalue weighted by Crippen LogP contribution is -2.09. The van der Waals surface area contributed by atoms with Gasteiger partial charge in [0, 0.05) is 73.3 Å². The van der Waals surface area contributed by atoms with E-state index in [-0.39, 0.29) is 0 Å². The first-order valence-corrected chi connectivity index (χ1v) is 20.4. The number of benzene rings is 9. The van der Waals surface area contributed by atoms with Gasteiger partial charge < -0.3 is 18.1 Å². The number of hydrogen-bond acceptors (Lipinski definition) is 3. The molecule has 4 heterocycles. The predicted molar refractivity (Wildman–Crippen MR) is 250 cm³/mol. The summed E-state index contributed by atoms with van der Waals surface area (Å²) in [4.78, 5) is 2.29. The molecule has 0 saturated heterocycles. The van der Waals surface area contributed by atoms with Gasteiger partial charge in [-0.2, -0.15) is 0 Å². The monoisotopic (exact) mass is 766 g/mol. The number of furan rings is 2. The molecule has 60 heavy (non-hydrogen) atoms. The van der Waals surface area contributed by atoms with Crippen LogP contribution in [-0.2, 0) is 0 Å². The summed E-state index contributed by atoms with van der Waals surface area (Å²) in [6.07, 6.45) is 2.20. The van der Waals surface area contributed by atoms with Crippen molar-refractivity contribution in [2.24, 2.45) is 0 Å². The summed E-state index contributed by atoms with van der Waals surface area (Å²) < 4.78 is 15.2. The number of pyridine rings is 1. The van der Waals surface area contributed by atoms with Crippen molar-refractivity contribution in [3.63, 3.8) is 0 Å². The lowest BCUT2D eigenvalue weighted by molar-refractivity contribution is 0.669. The molecule has 0 aliphatic rings. The SMILES string of the molecule is c1ccc(-c2c3c4cc(-c5ccc(N(c6ccc7c(c6)oc6ccccc67)c6ccc7c(c6)oc6ccccc67)cc5)ccc4c4ccccc4c3n3ccccc23)cc1. The molecule has 9 aromatic carbocycles. The number of aromatic nitrogens is 1. The van der Waals surface area contributed by atoms with E-state index in [1.807, 2.05) is 24.3 Å². The normalized spacial score (nSPS) is 12.0. The lowest BCUT2D eigenvalue weighted by Gasteiger charge is -2.25. The van der Waals surface area contributed by atoms with Crippen molar-refractivity contribution in [2.75, 3.05) is 4.90 Å². The summed E-state index contributed by atoms with van der Waals surface area (Å²) in [5.74, 6) is 0. The van der Waals surface area contributed by atoms with E-state index >= 15 is 0 Å². The van der Waals surface area contributed by atoms with Gasteiger partial charge in [-0.3, -0.25) is 0 Å². The maximum absolute atomic E-state index is 6.40. The van der Waals surface area contributed by atoms with Crippen LogP contribution in [0.3, 0.4) is 0 Å². The zero-order valence-corrected chi connectivity index (χ0v) is 32.3. The van der Waals surface area contributed by atoms with E-state index in [0.29, 0.717) is 0 Å². The maximum Gasteiger partial charge on any atom is 0.137 e. The summed E-state index contributed by atoms with van der Waals surface area (Å²) in [6, 6.07) is 71.6. The first-order chi connectivity index (χ1) is 29.7. The van der Waals surface area contributed by atoms with Crippen molar-refractivity contribution in [3.8, 4) is 22.3 Å². The molecule has 4 aromatic heterocycles. The van der Waals surface area contributed by atoms with Crippen LogP contribution in [0.25, 0.3) is 104 Å². The molecule has 0 atom stereocenters. The Balaban J connectivity index is 0.994. The second kappa shape index (κ2) is 12.7. The first kappa shape index (κ1) is 32.9. The molecular formula is C56H34N2O2. The Bertz CT molecular complexity index is 3720. The quantitative estimate of drug-likeness (QED) is 0.164. The second-order valence-corrected chi connectivity index (χ2v) is 15.7. The fourth-order valence-corrected chi connectivity index (χ4v) is 9.68. The fraction of sp³-hybridized carbons (Fsp3) is 0. The molecule has 0 aliphatic heterocycles. The van der Waals surface area contributed by atoms with E-state index < -0.39 is 0 Å². The van der Waals surface area contributed by atoms with Crippen molar-refractivity contribution in [2.45, 2.75) is 0 Å². The first-order valence-electron chi connectivity index (χ1n) is 20.4. The Morgan fingerprint density at radius 3 is 1.53 bits per heavy atom. The van der Waals surface area contributed by atoms with Crippen molar-refractivity contribution in [3.05, 3.63) is 206 Å². The Kier molecular flexibility index (Phi) is 6.98. The number of nitrogens with zero attached hydrogens (tertiary/aromatic N) is 2. The van der Waals surface area contributed by atoms with Gasteiger partial charge >= 0.3 is 0 Å². The third kappa shape index (κ3) is 4.85. The summed E-state index contributed by atoms with van der Waals surface area (Å²) in [5, 5.41) is 10.7. The van der Waals surface area contributed by atoms with Gasteiger partial charge in [0.15, 0.2) is 0 Å². The molecule has 0 radical (unpaired) electrons. The average molecular weight is 767 g/mol. The Morgan fingerprint density at radius 1 is 0.333 bits per heavy atom. The van der Waals surface area contributed by atoms with Gasteiger partial charge in [-0.15, -0.1) is 0 Å². The summed E-state index contributed by atoms with van der Waals surface area (Å²) >= 11 is 0. The molecule has 0 unspecified atom stereocenters. The van der Waals surface area contributed by atoms with Crippen LogP contribution < -0.4 is 4.90 Å². The molecule has 13 aromatic rings. The van der Waals surface area contributed by atoms with Crippen LogP contribution in [0.2, 0.25) is 0 Å². The molecule has 4 heteroatoms. The third-order valence-electron chi connectivity index (χ3n) is 12.4. The zero-order valence-electron chi connectivity index (χ0n) is 32.3. The van der Waals surface area contributed by atoms with E-state index in [9.17, 15) is 0 Å². The minimum Gasteiger partial charge on any atom is -0.456 e. The molecule has 0 bridgehead atoms. The minimum atomic E-state index is 0.850. The molecule has 0 amide bonds. The van der Waals surface area contributed by atoms with Crippen molar-refractivity contribution < 1.29 is 8.83 Å². The largest absolute Gasteiger partial charge is 0.456 e. The number of rotatable bonds is 5. The number of para-hydroxylation sites is 2. The Hall–Kier alpha value is -8.08. The second-order valence-electron chi connectivity index (χ2n) is 15.7. The van der Waals surface area contributed by atoms with E-state index in [1.165, 1.54) is 54.7 Å². The number of hydrogen-bond donors (Lipinski definition) is 0. The van der Waals surface area contributed by atoms with Crippen molar-refractivity contribution >= 4 is 98.9 Å². The molecule has 0 N–H and O–H groups in total. The van der Waals surface area contributed by atoms with E-state index in [0.717, 1.165) is 66.5 Å². The average Bonchev–Trinajstić information content (AvgIpc) is 3.99. The van der Waals surface area contributed by atoms with Crippen LogP contribution in [0.4, 0.5) is 17.1 Å². The van der Waals surface area contributed by atoms with Crippen LogP contribution in [0.5, 0.6) is 0 Å². The van der Waals surface area contributed by atoms with E-state index in [1.54, 1.807) is 0 Å². The van der Waals surface area contributed by atoms with Crippen LogP contribution in [0.1, 0.15) is 0 Å². The molecular weight excluding hydrogens is 733 g/mol. The summed E-state index contributed by atoms with van der Waals surface area (Å²) in [7, 11) is 0. The molecule has 0 aliphatic carbocycles. The van der Waals surface area contributed by atoms with Crippen LogP contribution in [0.15, 0.2) is 215 Å². The zero-order chi connectivity index (χ0) is 39.3. The summed E-state index contributed by atoms with van der Waals surface area (Å²) in [6.45, 7) is 0. The molecule has 0 spiro atoms. The number of anilines is 3. The maximum atomic E-state index is 6.40. The highest BCUT2D eigenvalue weighted by Crippen LogP contribution is 2.46. The molecule has 0 saturated carbocycles. The molecule has 4 nitrogen and oxygen atoms in total. The van der Waals surface area contributed by atoms with Gasteiger partial charge in [0.1, 0.15) is 22.3 Å². The number of fused-ring (bicyclic) bond motifs is 14. The highest BCUT2D eigenvalue weighted by molar-refractivity contribution is 6.30. The smallest absolute Gasteiger partial charge is 0.137 e.